The van der Waals surface area contributed by atoms with Gasteiger partial charge >= 0.3 is 0 Å². The molecule has 1 aromatic heterocycles. The minimum Gasteiger partial charge on any atom is -0.369 e. The van der Waals surface area contributed by atoms with Gasteiger partial charge in [0.2, 0.25) is 0 Å². The van der Waals surface area contributed by atoms with Crippen LogP contribution in [0.3, 0.4) is 0 Å². The molecule has 3 heteroatoms. The number of hydrogen-bond donors (Lipinski definition) is 1. The van der Waals surface area contributed by atoms with E-state index in [-0.39, 0.29) is 12.1 Å². The van der Waals surface area contributed by atoms with Crippen molar-refractivity contribution in [1.29, 1.82) is 0 Å². The molecule has 1 aliphatic carbocycles. The van der Waals surface area contributed by atoms with Crippen LogP contribution in [0.4, 0.5) is 0 Å². The molecule has 0 aliphatic heterocycles. The highest BCUT2D eigenvalue weighted by Gasteiger charge is 2.29. The second-order valence-corrected chi connectivity index (χ2v) is 6.45. The van der Waals surface area contributed by atoms with Gasteiger partial charge in [0.05, 0.1) is 12.2 Å². The Bertz CT molecular complexity index is 385. The minimum absolute atomic E-state index is 0.0313. The van der Waals surface area contributed by atoms with Crippen LogP contribution in [0.25, 0.3) is 0 Å². The smallest absolute Gasteiger partial charge is 0.0994 e. The Kier molecular flexibility index (Phi) is 5.55. The first-order valence-electron chi connectivity index (χ1n) is 7.91. The minimum atomic E-state index is -0.0313. The molecule has 0 spiro atoms. The first kappa shape index (κ1) is 15.5. The first-order valence-corrected chi connectivity index (χ1v) is 7.91. The summed E-state index contributed by atoms with van der Waals surface area (Å²) in [5.74, 6) is 1.49. The fraction of sp³-hybridized carbons (Fsp3) is 0.706. The van der Waals surface area contributed by atoms with E-state index in [1.807, 2.05) is 12.3 Å². The topological polar surface area (TPSA) is 48.1 Å². The Balaban J connectivity index is 2.08. The summed E-state index contributed by atoms with van der Waals surface area (Å²) in [6.07, 6.45) is 8.51. The molecule has 4 atom stereocenters. The number of nitrogens with two attached hydrogens (primary N) is 1. The lowest BCUT2D eigenvalue weighted by molar-refractivity contribution is -0.0612. The highest BCUT2D eigenvalue weighted by atomic mass is 16.5. The van der Waals surface area contributed by atoms with Gasteiger partial charge in [-0.1, -0.05) is 26.8 Å². The zero-order valence-electron chi connectivity index (χ0n) is 13.0. The first-order chi connectivity index (χ1) is 9.60. The molecule has 1 saturated carbocycles. The number of aromatic nitrogens is 1. The van der Waals surface area contributed by atoms with Crippen LogP contribution < -0.4 is 5.73 Å². The van der Waals surface area contributed by atoms with Crippen molar-refractivity contribution in [3.8, 4) is 0 Å². The average molecular weight is 276 g/mol. The summed E-state index contributed by atoms with van der Waals surface area (Å²) >= 11 is 0. The molecule has 3 nitrogen and oxygen atoms in total. The Hall–Kier alpha value is -0.930. The molecule has 1 fully saturated rings. The van der Waals surface area contributed by atoms with Crippen molar-refractivity contribution >= 4 is 0 Å². The van der Waals surface area contributed by atoms with Gasteiger partial charge in [-0.3, -0.25) is 4.98 Å². The van der Waals surface area contributed by atoms with Gasteiger partial charge in [-0.25, -0.2) is 0 Å². The maximum atomic E-state index is 6.41. The lowest BCUT2D eigenvalue weighted by Gasteiger charge is -2.35. The molecule has 112 valence electrons. The zero-order valence-corrected chi connectivity index (χ0v) is 13.0. The molecule has 0 aromatic carbocycles. The maximum Gasteiger partial charge on any atom is 0.0994 e. The molecule has 20 heavy (non-hydrogen) atoms. The second kappa shape index (κ2) is 7.19. The van der Waals surface area contributed by atoms with Gasteiger partial charge in [0.1, 0.15) is 0 Å². The van der Waals surface area contributed by atoms with Crippen molar-refractivity contribution in [2.75, 3.05) is 0 Å². The highest BCUT2D eigenvalue weighted by molar-refractivity contribution is 5.14. The predicted octanol–water partition coefficient (Wildman–Crippen LogP) is 3.70. The zero-order chi connectivity index (χ0) is 14.5. The Morgan fingerprint density at radius 2 is 2.00 bits per heavy atom. The fourth-order valence-corrected chi connectivity index (χ4v) is 3.38. The molecule has 2 N–H and O–H groups in total. The number of ether oxygens (including phenoxy) is 1. The van der Waals surface area contributed by atoms with E-state index in [9.17, 15) is 0 Å². The Morgan fingerprint density at radius 1 is 1.30 bits per heavy atom. The van der Waals surface area contributed by atoms with E-state index < -0.39 is 0 Å². The van der Waals surface area contributed by atoms with Gasteiger partial charge in [-0.15, -0.1) is 0 Å². The van der Waals surface area contributed by atoms with Crippen LogP contribution >= 0.6 is 0 Å². The van der Waals surface area contributed by atoms with Crippen LogP contribution in [0, 0.1) is 11.8 Å². The standard InChI is InChI=1S/C17H28N2O/c1-4-16(18)17(14-6-5-7-19-11-14)20-15-9-12(2)8-13(3)10-15/h5-7,11-13,15-17H,4,8-10,18H2,1-3H3. The van der Waals surface area contributed by atoms with Crippen molar-refractivity contribution in [3.05, 3.63) is 30.1 Å². The average Bonchev–Trinajstić information content (AvgIpc) is 2.44. The van der Waals surface area contributed by atoms with E-state index in [4.69, 9.17) is 10.5 Å². The van der Waals surface area contributed by atoms with Crippen LogP contribution in [0.1, 0.15) is 58.1 Å². The van der Waals surface area contributed by atoms with E-state index in [1.165, 1.54) is 6.42 Å². The third kappa shape index (κ3) is 4.03. The second-order valence-electron chi connectivity index (χ2n) is 6.45. The van der Waals surface area contributed by atoms with Crippen molar-refractivity contribution in [3.63, 3.8) is 0 Å². The highest BCUT2D eigenvalue weighted by Crippen LogP contribution is 2.34. The Labute approximate surface area is 122 Å². The van der Waals surface area contributed by atoms with Gasteiger partial charge in [0.15, 0.2) is 0 Å². The summed E-state index contributed by atoms with van der Waals surface area (Å²) in [5, 5.41) is 0. The summed E-state index contributed by atoms with van der Waals surface area (Å²) in [4.78, 5) is 4.21. The van der Waals surface area contributed by atoms with Crippen molar-refractivity contribution in [2.24, 2.45) is 17.6 Å². The van der Waals surface area contributed by atoms with Crippen molar-refractivity contribution < 1.29 is 4.74 Å². The summed E-state index contributed by atoms with van der Waals surface area (Å²) in [6, 6.07) is 4.06. The van der Waals surface area contributed by atoms with Crippen LogP contribution in [0.2, 0.25) is 0 Å². The lowest BCUT2D eigenvalue weighted by Crippen LogP contribution is -2.35. The van der Waals surface area contributed by atoms with Crippen LogP contribution in [-0.2, 0) is 4.74 Å². The largest absolute Gasteiger partial charge is 0.369 e. The summed E-state index contributed by atoms with van der Waals surface area (Å²) in [5.41, 5.74) is 7.39. The van der Waals surface area contributed by atoms with Gasteiger partial charge in [-0.2, -0.15) is 0 Å². The summed E-state index contributed by atoms with van der Waals surface area (Å²) in [7, 11) is 0. The van der Waals surface area contributed by atoms with Gasteiger partial charge in [0, 0.05) is 24.0 Å². The van der Waals surface area contributed by atoms with E-state index >= 15 is 0 Å². The number of rotatable bonds is 5. The SMILES string of the molecule is CCC(N)C(OC1CC(C)CC(C)C1)c1cccnc1. The monoisotopic (exact) mass is 276 g/mol. The van der Waals surface area contributed by atoms with E-state index in [2.05, 4.69) is 31.8 Å². The lowest BCUT2D eigenvalue weighted by atomic mass is 9.81. The third-order valence-electron chi connectivity index (χ3n) is 4.35. The molecule has 4 unspecified atom stereocenters. The van der Waals surface area contributed by atoms with Crippen LogP contribution in [-0.4, -0.2) is 17.1 Å². The van der Waals surface area contributed by atoms with Crippen molar-refractivity contribution in [2.45, 2.75) is 64.7 Å². The summed E-state index contributed by atoms with van der Waals surface area (Å²) in [6.45, 7) is 6.76. The summed E-state index contributed by atoms with van der Waals surface area (Å²) < 4.78 is 6.41. The van der Waals surface area contributed by atoms with Gasteiger partial charge in [0.25, 0.3) is 0 Å². The van der Waals surface area contributed by atoms with Gasteiger partial charge in [-0.05, 0) is 43.6 Å². The van der Waals surface area contributed by atoms with E-state index in [0.29, 0.717) is 6.10 Å². The Morgan fingerprint density at radius 3 is 2.55 bits per heavy atom. The molecular formula is C17H28N2O. The molecule has 2 rings (SSSR count). The predicted molar refractivity (Wildman–Crippen MR) is 82.3 cm³/mol. The molecule has 1 heterocycles. The molecule has 0 radical (unpaired) electrons. The molecule has 0 saturated heterocycles. The number of nitrogens with zero attached hydrogens (tertiary/aromatic N) is 1. The van der Waals surface area contributed by atoms with E-state index in [0.717, 1.165) is 36.7 Å². The molecule has 1 aliphatic rings. The maximum absolute atomic E-state index is 6.41. The van der Waals surface area contributed by atoms with Gasteiger partial charge < -0.3 is 10.5 Å². The number of pyridine rings is 1. The normalized spacial score (nSPS) is 29.9. The fourth-order valence-electron chi connectivity index (χ4n) is 3.38. The van der Waals surface area contributed by atoms with Crippen LogP contribution in [0.5, 0.6) is 0 Å². The van der Waals surface area contributed by atoms with Crippen molar-refractivity contribution in [1.82, 2.24) is 4.98 Å². The van der Waals surface area contributed by atoms with E-state index in [1.54, 1.807) is 6.20 Å². The molecule has 1 aromatic rings. The van der Waals surface area contributed by atoms with Crippen LogP contribution in [0.15, 0.2) is 24.5 Å². The third-order valence-corrected chi connectivity index (χ3v) is 4.35. The molecular weight excluding hydrogens is 248 g/mol. The molecule has 0 amide bonds. The molecule has 0 bridgehead atoms. The quantitative estimate of drug-likeness (QED) is 0.892. The number of hydrogen-bond acceptors (Lipinski definition) is 3.